The van der Waals surface area contributed by atoms with Gasteiger partial charge in [0.25, 0.3) is 0 Å². The van der Waals surface area contributed by atoms with Crippen LogP contribution in [0.15, 0.2) is 18.3 Å². The van der Waals surface area contributed by atoms with Crippen LogP contribution in [-0.4, -0.2) is 9.78 Å². The van der Waals surface area contributed by atoms with E-state index < -0.39 is 0 Å². The number of nitrogens with zero attached hydrogens (tertiary/aromatic N) is 2. The van der Waals surface area contributed by atoms with Crippen molar-refractivity contribution in [2.45, 2.75) is 27.3 Å². The first-order valence-corrected chi connectivity index (χ1v) is 4.65. The quantitative estimate of drug-likeness (QED) is 0.650. The van der Waals surface area contributed by atoms with Gasteiger partial charge < -0.3 is 0 Å². The summed E-state index contributed by atoms with van der Waals surface area (Å²) in [6, 6.07) is 4.29. The van der Waals surface area contributed by atoms with Gasteiger partial charge in [0, 0.05) is 11.9 Å². The normalized spacial score (nSPS) is 11.0. The number of rotatable bonds is 1. The van der Waals surface area contributed by atoms with Crippen molar-refractivity contribution < 1.29 is 0 Å². The monoisotopic (exact) mass is 174 g/mol. The summed E-state index contributed by atoms with van der Waals surface area (Å²) >= 11 is 0. The van der Waals surface area contributed by atoms with Gasteiger partial charge in [0.2, 0.25) is 0 Å². The van der Waals surface area contributed by atoms with Gasteiger partial charge in [-0.2, -0.15) is 5.10 Å². The van der Waals surface area contributed by atoms with Gasteiger partial charge in [-0.15, -0.1) is 0 Å². The van der Waals surface area contributed by atoms with Crippen LogP contribution in [0.25, 0.3) is 10.9 Å². The first kappa shape index (κ1) is 8.30. The summed E-state index contributed by atoms with van der Waals surface area (Å²) in [6.45, 7) is 7.36. The van der Waals surface area contributed by atoms with E-state index in [1.165, 1.54) is 22.0 Å². The fourth-order valence-electron chi connectivity index (χ4n) is 1.70. The standard InChI is InChI=1S/C11H14N2/c1-4-13-11-9(3)8(2)5-6-10(11)7-12-13/h5-7H,4H2,1-3H3. The summed E-state index contributed by atoms with van der Waals surface area (Å²) in [5.74, 6) is 0. The summed E-state index contributed by atoms with van der Waals surface area (Å²) in [6.07, 6.45) is 1.94. The highest BCUT2D eigenvalue weighted by atomic mass is 15.3. The number of aromatic nitrogens is 2. The SMILES string of the molecule is CCn1ncc2ccc(C)c(C)c21. The highest BCUT2D eigenvalue weighted by Crippen LogP contribution is 2.20. The molecular formula is C11H14N2. The molecule has 0 aliphatic heterocycles. The van der Waals surface area contributed by atoms with Gasteiger partial charge in [0.05, 0.1) is 11.7 Å². The lowest BCUT2D eigenvalue weighted by Gasteiger charge is -2.04. The van der Waals surface area contributed by atoms with Gasteiger partial charge in [0.1, 0.15) is 0 Å². The predicted molar refractivity (Wildman–Crippen MR) is 54.9 cm³/mol. The van der Waals surface area contributed by atoms with E-state index in [-0.39, 0.29) is 0 Å². The largest absolute Gasteiger partial charge is 0.265 e. The molecule has 68 valence electrons. The molecule has 2 heteroatoms. The number of hydrogen-bond acceptors (Lipinski definition) is 1. The average Bonchev–Trinajstić information content (AvgIpc) is 2.55. The molecule has 0 spiro atoms. The van der Waals surface area contributed by atoms with Crippen molar-refractivity contribution in [2.24, 2.45) is 0 Å². The van der Waals surface area contributed by atoms with Crippen LogP contribution >= 0.6 is 0 Å². The molecular weight excluding hydrogens is 160 g/mol. The summed E-state index contributed by atoms with van der Waals surface area (Å²) in [4.78, 5) is 0. The van der Waals surface area contributed by atoms with Crippen molar-refractivity contribution in [1.82, 2.24) is 9.78 Å². The van der Waals surface area contributed by atoms with Crippen molar-refractivity contribution in [3.63, 3.8) is 0 Å². The molecule has 13 heavy (non-hydrogen) atoms. The molecule has 2 nitrogen and oxygen atoms in total. The number of hydrogen-bond donors (Lipinski definition) is 0. The Hall–Kier alpha value is -1.31. The molecule has 0 saturated carbocycles. The second-order valence-corrected chi connectivity index (χ2v) is 3.41. The van der Waals surface area contributed by atoms with Gasteiger partial charge >= 0.3 is 0 Å². The van der Waals surface area contributed by atoms with E-state index in [0.29, 0.717) is 0 Å². The molecule has 0 aliphatic rings. The fraction of sp³-hybridized carbons (Fsp3) is 0.364. The zero-order chi connectivity index (χ0) is 9.42. The smallest absolute Gasteiger partial charge is 0.0714 e. The lowest BCUT2D eigenvalue weighted by Crippen LogP contribution is -1.97. The Morgan fingerprint density at radius 3 is 2.77 bits per heavy atom. The van der Waals surface area contributed by atoms with E-state index in [9.17, 15) is 0 Å². The molecule has 0 bridgehead atoms. The zero-order valence-corrected chi connectivity index (χ0v) is 8.33. The van der Waals surface area contributed by atoms with Crippen LogP contribution in [0.4, 0.5) is 0 Å². The maximum absolute atomic E-state index is 4.33. The predicted octanol–water partition coefficient (Wildman–Crippen LogP) is 2.67. The minimum absolute atomic E-state index is 0.938. The van der Waals surface area contributed by atoms with Crippen LogP contribution in [0.1, 0.15) is 18.1 Å². The van der Waals surface area contributed by atoms with Crippen molar-refractivity contribution in [3.8, 4) is 0 Å². The van der Waals surface area contributed by atoms with Crippen LogP contribution in [0.3, 0.4) is 0 Å². The maximum atomic E-state index is 4.33. The Labute approximate surface area is 78.2 Å². The molecule has 0 amide bonds. The van der Waals surface area contributed by atoms with Crippen molar-refractivity contribution >= 4 is 10.9 Å². The number of benzene rings is 1. The van der Waals surface area contributed by atoms with Crippen molar-refractivity contribution in [1.29, 1.82) is 0 Å². The minimum Gasteiger partial charge on any atom is -0.265 e. The van der Waals surface area contributed by atoms with Crippen LogP contribution in [0.2, 0.25) is 0 Å². The first-order chi connectivity index (χ1) is 6.24. The molecule has 0 unspecified atom stereocenters. The molecule has 0 aliphatic carbocycles. The second kappa shape index (κ2) is 2.87. The van der Waals surface area contributed by atoms with E-state index in [4.69, 9.17) is 0 Å². The molecule has 0 radical (unpaired) electrons. The van der Waals surface area contributed by atoms with Crippen LogP contribution in [-0.2, 0) is 6.54 Å². The average molecular weight is 174 g/mol. The Kier molecular flexibility index (Phi) is 1.83. The number of fused-ring (bicyclic) bond motifs is 1. The molecule has 0 N–H and O–H groups in total. The Morgan fingerprint density at radius 1 is 1.31 bits per heavy atom. The van der Waals surface area contributed by atoms with E-state index >= 15 is 0 Å². The van der Waals surface area contributed by atoms with E-state index in [0.717, 1.165) is 6.54 Å². The molecule has 2 aromatic rings. The van der Waals surface area contributed by atoms with Crippen molar-refractivity contribution in [3.05, 3.63) is 29.5 Å². The summed E-state index contributed by atoms with van der Waals surface area (Å²) in [5, 5.41) is 5.57. The molecule has 1 heterocycles. The number of aryl methyl sites for hydroxylation is 3. The van der Waals surface area contributed by atoms with E-state index in [1.807, 2.05) is 6.20 Å². The Balaban J connectivity index is 2.85. The molecule has 1 aromatic heterocycles. The van der Waals surface area contributed by atoms with Crippen LogP contribution in [0, 0.1) is 13.8 Å². The molecule has 0 fully saturated rings. The third-order valence-electron chi connectivity index (χ3n) is 2.63. The third-order valence-corrected chi connectivity index (χ3v) is 2.63. The Bertz CT molecular complexity index is 441. The van der Waals surface area contributed by atoms with Gasteiger partial charge in [-0.05, 0) is 31.9 Å². The highest BCUT2D eigenvalue weighted by molar-refractivity contribution is 5.82. The fourth-order valence-corrected chi connectivity index (χ4v) is 1.70. The van der Waals surface area contributed by atoms with E-state index in [1.54, 1.807) is 0 Å². The van der Waals surface area contributed by atoms with E-state index in [2.05, 4.69) is 42.7 Å². The van der Waals surface area contributed by atoms with Gasteiger partial charge in [-0.1, -0.05) is 12.1 Å². The lowest BCUT2D eigenvalue weighted by atomic mass is 10.1. The maximum Gasteiger partial charge on any atom is 0.0714 e. The summed E-state index contributed by atoms with van der Waals surface area (Å²) < 4.78 is 2.05. The highest BCUT2D eigenvalue weighted by Gasteiger charge is 2.05. The van der Waals surface area contributed by atoms with Gasteiger partial charge in [-0.25, -0.2) is 0 Å². The topological polar surface area (TPSA) is 17.8 Å². The zero-order valence-electron chi connectivity index (χ0n) is 8.33. The minimum atomic E-state index is 0.938. The van der Waals surface area contributed by atoms with Gasteiger partial charge in [0.15, 0.2) is 0 Å². The first-order valence-electron chi connectivity index (χ1n) is 4.65. The summed E-state index contributed by atoms with van der Waals surface area (Å²) in [7, 11) is 0. The van der Waals surface area contributed by atoms with Crippen LogP contribution < -0.4 is 0 Å². The molecule has 0 saturated heterocycles. The lowest BCUT2D eigenvalue weighted by molar-refractivity contribution is 0.682. The third kappa shape index (κ3) is 1.13. The molecule has 0 atom stereocenters. The van der Waals surface area contributed by atoms with Crippen LogP contribution in [0.5, 0.6) is 0 Å². The van der Waals surface area contributed by atoms with Crippen molar-refractivity contribution in [2.75, 3.05) is 0 Å². The molecule has 2 rings (SSSR count). The Morgan fingerprint density at radius 2 is 2.08 bits per heavy atom. The summed E-state index contributed by atoms with van der Waals surface area (Å²) in [5.41, 5.74) is 3.96. The van der Waals surface area contributed by atoms with Gasteiger partial charge in [-0.3, -0.25) is 4.68 Å². The molecule has 1 aromatic carbocycles. The second-order valence-electron chi connectivity index (χ2n) is 3.41.